The second-order valence-corrected chi connectivity index (χ2v) is 6.83. The molecule has 0 saturated heterocycles. The van der Waals surface area contributed by atoms with Crippen LogP contribution >= 0.6 is 0 Å². The van der Waals surface area contributed by atoms with E-state index in [2.05, 4.69) is 50.3 Å². The van der Waals surface area contributed by atoms with Gasteiger partial charge in [-0.2, -0.15) is 0 Å². The van der Waals surface area contributed by atoms with Crippen molar-refractivity contribution in [2.45, 2.75) is 38.5 Å². The Hall–Kier alpha value is -2.15. The molecule has 0 nitrogen and oxygen atoms in total. The van der Waals surface area contributed by atoms with Crippen molar-refractivity contribution in [2.75, 3.05) is 0 Å². The van der Waals surface area contributed by atoms with Crippen LogP contribution in [0.3, 0.4) is 0 Å². The van der Waals surface area contributed by atoms with Crippen molar-refractivity contribution < 1.29 is 4.39 Å². The van der Waals surface area contributed by atoms with Crippen LogP contribution < -0.4 is 0 Å². The SMILES string of the molecule is CC1=Cc2ccccc2C1CCC1C(C)=Cc2c(F)cccc21. The summed E-state index contributed by atoms with van der Waals surface area (Å²) < 4.78 is 14.0. The van der Waals surface area contributed by atoms with Gasteiger partial charge in [-0.15, -0.1) is 0 Å². The van der Waals surface area contributed by atoms with Crippen LogP contribution in [0.4, 0.5) is 4.39 Å². The lowest BCUT2D eigenvalue weighted by atomic mass is 9.85. The number of rotatable bonds is 3. The molecular formula is C22H21F. The fourth-order valence-electron chi connectivity index (χ4n) is 4.23. The maximum Gasteiger partial charge on any atom is 0.130 e. The van der Waals surface area contributed by atoms with Gasteiger partial charge in [-0.25, -0.2) is 4.39 Å². The van der Waals surface area contributed by atoms with Crippen LogP contribution in [0.15, 0.2) is 53.6 Å². The normalized spacial score (nSPS) is 21.7. The van der Waals surface area contributed by atoms with Crippen molar-refractivity contribution in [3.63, 3.8) is 0 Å². The fraction of sp³-hybridized carbons (Fsp3) is 0.273. The van der Waals surface area contributed by atoms with Crippen LogP contribution in [0.2, 0.25) is 0 Å². The maximum atomic E-state index is 14.0. The molecule has 2 unspecified atom stereocenters. The molecule has 0 aromatic heterocycles. The number of hydrogen-bond donors (Lipinski definition) is 0. The molecule has 2 aromatic rings. The molecule has 0 fully saturated rings. The van der Waals surface area contributed by atoms with E-state index in [-0.39, 0.29) is 5.82 Å². The first-order chi connectivity index (χ1) is 11.1. The molecule has 116 valence electrons. The molecule has 2 aliphatic carbocycles. The number of fused-ring (bicyclic) bond motifs is 2. The highest BCUT2D eigenvalue weighted by Gasteiger charge is 2.28. The second-order valence-electron chi connectivity index (χ2n) is 6.83. The van der Waals surface area contributed by atoms with Gasteiger partial charge in [-0.05, 0) is 49.4 Å². The monoisotopic (exact) mass is 304 g/mol. The Kier molecular flexibility index (Phi) is 3.45. The Labute approximate surface area is 137 Å². The third-order valence-electron chi connectivity index (χ3n) is 5.43. The highest BCUT2D eigenvalue weighted by atomic mass is 19.1. The summed E-state index contributed by atoms with van der Waals surface area (Å²) in [4.78, 5) is 0. The van der Waals surface area contributed by atoms with E-state index in [0.29, 0.717) is 11.8 Å². The van der Waals surface area contributed by atoms with Gasteiger partial charge >= 0.3 is 0 Å². The van der Waals surface area contributed by atoms with Crippen LogP contribution in [-0.4, -0.2) is 0 Å². The van der Waals surface area contributed by atoms with Gasteiger partial charge in [0.1, 0.15) is 5.82 Å². The topological polar surface area (TPSA) is 0 Å². The van der Waals surface area contributed by atoms with E-state index in [1.807, 2.05) is 12.1 Å². The molecular weight excluding hydrogens is 283 g/mol. The van der Waals surface area contributed by atoms with Crippen LogP contribution in [0, 0.1) is 5.82 Å². The van der Waals surface area contributed by atoms with Crippen molar-refractivity contribution in [3.05, 3.63) is 81.7 Å². The second kappa shape index (κ2) is 5.49. The van der Waals surface area contributed by atoms with Gasteiger partial charge in [0.05, 0.1) is 0 Å². The zero-order chi connectivity index (χ0) is 16.0. The number of halogens is 1. The molecule has 2 aromatic carbocycles. The highest BCUT2D eigenvalue weighted by molar-refractivity contribution is 5.67. The number of hydrogen-bond acceptors (Lipinski definition) is 0. The summed E-state index contributed by atoms with van der Waals surface area (Å²) in [6.07, 6.45) is 6.53. The number of allylic oxidation sites excluding steroid dienone is 2. The first kappa shape index (κ1) is 14.4. The van der Waals surface area contributed by atoms with E-state index in [9.17, 15) is 4.39 Å². The van der Waals surface area contributed by atoms with Gasteiger partial charge in [-0.1, -0.05) is 59.7 Å². The van der Waals surface area contributed by atoms with E-state index in [1.165, 1.54) is 22.3 Å². The molecule has 0 bridgehead atoms. The summed E-state index contributed by atoms with van der Waals surface area (Å²) in [5, 5.41) is 0. The van der Waals surface area contributed by atoms with Gasteiger partial charge in [0.25, 0.3) is 0 Å². The molecule has 4 rings (SSSR count). The fourth-order valence-corrected chi connectivity index (χ4v) is 4.23. The summed E-state index contributed by atoms with van der Waals surface area (Å²) in [5.74, 6) is 0.782. The van der Waals surface area contributed by atoms with E-state index in [1.54, 1.807) is 6.07 Å². The number of benzene rings is 2. The smallest absolute Gasteiger partial charge is 0.130 e. The predicted octanol–water partition coefficient (Wildman–Crippen LogP) is 6.31. The summed E-state index contributed by atoms with van der Waals surface area (Å²) in [7, 11) is 0. The molecule has 2 atom stereocenters. The quantitative estimate of drug-likeness (QED) is 0.623. The van der Waals surface area contributed by atoms with Crippen molar-refractivity contribution in [2.24, 2.45) is 0 Å². The van der Waals surface area contributed by atoms with Crippen LogP contribution in [0.5, 0.6) is 0 Å². The molecule has 0 heterocycles. The minimum Gasteiger partial charge on any atom is -0.206 e. The molecule has 0 aliphatic heterocycles. The Bertz CT molecular complexity index is 826. The molecule has 0 saturated carbocycles. The van der Waals surface area contributed by atoms with E-state index < -0.39 is 0 Å². The summed E-state index contributed by atoms with van der Waals surface area (Å²) >= 11 is 0. The van der Waals surface area contributed by atoms with Gasteiger partial charge in [0.15, 0.2) is 0 Å². The standard InChI is InChI=1S/C22H21F/c1-14-12-16-6-3-4-7-19(16)17(14)10-11-18-15(2)13-21-20(18)8-5-9-22(21)23/h3-9,12-13,17-18H,10-11H2,1-2H3. The molecule has 23 heavy (non-hydrogen) atoms. The van der Waals surface area contributed by atoms with Gasteiger partial charge < -0.3 is 0 Å². The molecule has 0 N–H and O–H groups in total. The van der Waals surface area contributed by atoms with Gasteiger partial charge in [0.2, 0.25) is 0 Å². The molecule has 0 amide bonds. The Morgan fingerprint density at radius 3 is 2.26 bits per heavy atom. The van der Waals surface area contributed by atoms with Crippen LogP contribution in [0.25, 0.3) is 12.2 Å². The molecule has 2 aliphatic rings. The minimum absolute atomic E-state index is 0.0911. The largest absolute Gasteiger partial charge is 0.206 e. The van der Waals surface area contributed by atoms with E-state index in [4.69, 9.17) is 0 Å². The van der Waals surface area contributed by atoms with Crippen molar-refractivity contribution in [1.82, 2.24) is 0 Å². The van der Waals surface area contributed by atoms with Crippen LogP contribution in [-0.2, 0) is 0 Å². The minimum atomic E-state index is -0.0911. The Balaban J connectivity index is 1.57. The van der Waals surface area contributed by atoms with Crippen molar-refractivity contribution in [3.8, 4) is 0 Å². The Morgan fingerprint density at radius 1 is 0.783 bits per heavy atom. The zero-order valence-electron chi connectivity index (χ0n) is 13.6. The first-order valence-electron chi connectivity index (χ1n) is 8.39. The van der Waals surface area contributed by atoms with Gasteiger partial charge in [-0.3, -0.25) is 0 Å². The summed E-state index contributed by atoms with van der Waals surface area (Å²) in [6.45, 7) is 4.37. The predicted molar refractivity (Wildman–Crippen MR) is 94.9 cm³/mol. The molecule has 1 heteroatoms. The van der Waals surface area contributed by atoms with Crippen LogP contribution in [0.1, 0.15) is 60.8 Å². The third-order valence-corrected chi connectivity index (χ3v) is 5.43. The Morgan fingerprint density at radius 2 is 1.43 bits per heavy atom. The molecule has 0 spiro atoms. The zero-order valence-corrected chi connectivity index (χ0v) is 13.6. The van der Waals surface area contributed by atoms with E-state index >= 15 is 0 Å². The maximum absolute atomic E-state index is 14.0. The van der Waals surface area contributed by atoms with Crippen molar-refractivity contribution >= 4 is 12.2 Å². The third kappa shape index (κ3) is 2.35. The average Bonchev–Trinajstić information content (AvgIpc) is 3.03. The average molecular weight is 304 g/mol. The van der Waals surface area contributed by atoms with Gasteiger partial charge in [0, 0.05) is 17.4 Å². The summed E-state index contributed by atoms with van der Waals surface area (Å²) in [5.41, 5.74) is 7.51. The van der Waals surface area contributed by atoms with Crippen molar-refractivity contribution in [1.29, 1.82) is 0 Å². The van der Waals surface area contributed by atoms with E-state index in [0.717, 1.165) is 24.0 Å². The lowest BCUT2D eigenvalue weighted by molar-refractivity contribution is 0.601. The lowest BCUT2D eigenvalue weighted by Gasteiger charge is -2.19. The summed E-state index contributed by atoms with van der Waals surface area (Å²) in [6, 6.07) is 14.2. The first-order valence-corrected chi connectivity index (χ1v) is 8.39. The lowest BCUT2D eigenvalue weighted by Crippen LogP contribution is -2.03. The highest BCUT2D eigenvalue weighted by Crippen LogP contribution is 2.44. The molecule has 0 radical (unpaired) electrons.